The van der Waals surface area contributed by atoms with Gasteiger partial charge in [0.05, 0.1) is 0 Å². The number of nitrogen functional groups attached to an aromatic ring is 1. The van der Waals surface area contributed by atoms with E-state index in [1.165, 1.54) is 30.2 Å². The first-order valence-electron chi connectivity index (χ1n) is 10.3. The number of amides is 2. The molecule has 1 aromatic carbocycles. The van der Waals surface area contributed by atoms with Crippen molar-refractivity contribution < 1.29 is 24.3 Å². The third kappa shape index (κ3) is 6.90. The van der Waals surface area contributed by atoms with Crippen molar-refractivity contribution in [3.05, 3.63) is 41.0 Å². The number of carbonyl (C=O) groups is 3. The highest BCUT2D eigenvalue weighted by Gasteiger charge is 2.29. The summed E-state index contributed by atoms with van der Waals surface area (Å²) < 4.78 is 4.99. The lowest BCUT2D eigenvalue weighted by Gasteiger charge is -2.21. The second kappa shape index (κ2) is 12.5. The first kappa shape index (κ1) is 26.4. The van der Waals surface area contributed by atoms with E-state index in [1.54, 1.807) is 0 Å². The van der Waals surface area contributed by atoms with Crippen molar-refractivity contribution in [2.45, 2.75) is 24.9 Å². The Kier molecular flexibility index (Phi) is 9.39. The summed E-state index contributed by atoms with van der Waals surface area (Å²) in [6.45, 7) is 0. The van der Waals surface area contributed by atoms with Gasteiger partial charge in [0.25, 0.3) is 5.91 Å². The monoisotopic (exact) mass is 536 g/mol. The fraction of sp³-hybridized carbons (Fsp3) is 0.333. The van der Waals surface area contributed by atoms with Crippen molar-refractivity contribution in [1.82, 2.24) is 20.0 Å². The molecule has 5 N–H and O–H groups in total. The van der Waals surface area contributed by atoms with Crippen LogP contribution in [0.3, 0.4) is 0 Å². The number of carboxylic acid groups (broad SMARTS) is 1. The standard InChI is InChI=1S/C21H24N6O5S3/c1-32-26-16(17-25-21(22)35-27-17)19(29)23-13(7-8-33-2)18(28)24-14(20(30)31)9-11-10-34-15-6-4-3-5-12(11)15/h3-6,10,13-14H,7-9H2,1-2H3,(H,23,29)(H,24,28)(H,30,31)(H2,22,25,27)/b26-16+/t13-,14-/m0/s1. The van der Waals surface area contributed by atoms with Crippen LogP contribution in [0, 0.1) is 0 Å². The Balaban J connectivity index is 1.76. The van der Waals surface area contributed by atoms with E-state index in [0.717, 1.165) is 27.2 Å². The highest BCUT2D eigenvalue weighted by atomic mass is 32.2. The summed E-state index contributed by atoms with van der Waals surface area (Å²) in [7, 11) is 1.26. The largest absolute Gasteiger partial charge is 0.480 e. The summed E-state index contributed by atoms with van der Waals surface area (Å²) in [5, 5.41) is 21.6. The predicted molar refractivity (Wildman–Crippen MR) is 138 cm³/mol. The summed E-state index contributed by atoms with van der Waals surface area (Å²) >= 11 is 3.87. The van der Waals surface area contributed by atoms with Crippen molar-refractivity contribution in [2.24, 2.45) is 5.16 Å². The molecule has 0 aliphatic rings. The van der Waals surface area contributed by atoms with E-state index in [2.05, 4.69) is 25.1 Å². The Hall–Kier alpha value is -3.23. The van der Waals surface area contributed by atoms with Crippen molar-refractivity contribution >= 4 is 73.3 Å². The van der Waals surface area contributed by atoms with E-state index in [4.69, 9.17) is 10.6 Å². The van der Waals surface area contributed by atoms with Crippen molar-refractivity contribution in [1.29, 1.82) is 0 Å². The van der Waals surface area contributed by atoms with Crippen LogP contribution < -0.4 is 16.4 Å². The summed E-state index contributed by atoms with van der Waals surface area (Å²) in [6.07, 6.45) is 2.23. The summed E-state index contributed by atoms with van der Waals surface area (Å²) in [5.74, 6) is -2.04. The number of thiophene rings is 1. The van der Waals surface area contributed by atoms with Crippen molar-refractivity contribution in [3.63, 3.8) is 0 Å². The topological polar surface area (TPSA) is 169 Å². The molecule has 0 unspecified atom stereocenters. The summed E-state index contributed by atoms with van der Waals surface area (Å²) in [4.78, 5) is 46.6. The van der Waals surface area contributed by atoms with Crippen LogP contribution in [-0.2, 0) is 25.6 Å². The molecule has 0 aliphatic carbocycles. The van der Waals surface area contributed by atoms with Gasteiger partial charge in [-0.3, -0.25) is 9.59 Å². The molecule has 0 aliphatic heterocycles. The number of anilines is 1. The van der Waals surface area contributed by atoms with Crippen molar-refractivity contribution in [3.8, 4) is 0 Å². The van der Waals surface area contributed by atoms with Gasteiger partial charge in [-0.15, -0.1) is 11.3 Å². The Morgan fingerprint density at radius 2 is 2.03 bits per heavy atom. The lowest BCUT2D eigenvalue weighted by atomic mass is 10.0. The van der Waals surface area contributed by atoms with E-state index >= 15 is 0 Å². The molecule has 2 atom stereocenters. The molecule has 186 valence electrons. The van der Waals surface area contributed by atoms with Gasteiger partial charge < -0.3 is 26.3 Å². The number of nitrogens with one attached hydrogen (secondary N) is 2. The molecule has 35 heavy (non-hydrogen) atoms. The molecule has 0 saturated heterocycles. The zero-order chi connectivity index (χ0) is 25.4. The van der Waals surface area contributed by atoms with Crippen LogP contribution >= 0.6 is 34.6 Å². The lowest BCUT2D eigenvalue weighted by Crippen LogP contribution is -2.53. The fourth-order valence-corrected chi connectivity index (χ4v) is 5.10. The van der Waals surface area contributed by atoms with Gasteiger partial charge in [0.1, 0.15) is 19.2 Å². The first-order valence-corrected chi connectivity index (χ1v) is 13.4. The number of hydrogen-bond acceptors (Lipinski definition) is 11. The maximum Gasteiger partial charge on any atom is 0.326 e. The number of thioether (sulfide) groups is 1. The number of hydrogen-bond donors (Lipinski definition) is 4. The number of carboxylic acids is 1. The number of rotatable bonds is 12. The fourth-order valence-electron chi connectivity index (χ4n) is 3.22. The third-order valence-corrected chi connectivity index (χ3v) is 7.08. The SMILES string of the molecule is CO/N=C(/C(=O)N[C@@H](CCSC)C(=O)N[C@@H](Cc1csc2ccccc12)C(=O)O)c1nsc(N)n1. The predicted octanol–water partition coefficient (Wildman–Crippen LogP) is 1.74. The molecular formula is C21H24N6O5S3. The Bertz CT molecular complexity index is 1230. The minimum Gasteiger partial charge on any atom is -0.480 e. The van der Waals surface area contributed by atoms with Crippen LogP contribution in [0.4, 0.5) is 5.13 Å². The van der Waals surface area contributed by atoms with Crippen LogP contribution in [0.5, 0.6) is 0 Å². The average Bonchev–Trinajstić information content (AvgIpc) is 3.45. The Labute approximate surface area is 213 Å². The first-order chi connectivity index (χ1) is 16.8. The number of aliphatic carboxylic acids is 1. The van der Waals surface area contributed by atoms with Gasteiger partial charge in [-0.05, 0) is 40.8 Å². The number of aromatic nitrogens is 2. The van der Waals surface area contributed by atoms with Gasteiger partial charge in [0.2, 0.25) is 17.4 Å². The van der Waals surface area contributed by atoms with Gasteiger partial charge in [-0.1, -0.05) is 23.4 Å². The summed E-state index contributed by atoms with van der Waals surface area (Å²) in [5.41, 5.74) is 6.17. The smallest absolute Gasteiger partial charge is 0.326 e. The van der Waals surface area contributed by atoms with Crippen LogP contribution in [-0.4, -0.2) is 69.2 Å². The van der Waals surface area contributed by atoms with Gasteiger partial charge in [-0.25, -0.2) is 4.79 Å². The molecule has 0 bridgehead atoms. The molecule has 2 amide bonds. The second-order valence-electron chi connectivity index (χ2n) is 7.25. The zero-order valence-corrected chi connectivity index (χ0v) is 21.3. The van der Waals surface area contributed by atoms with E-state index in [9.17, 15) is 19.5 Å². The average molecular weight is 537 g/mol. The molecule has 14 heteroatoms. The number of benzene rings is 1. The minimum atomic E-state index is -1.18. The molecule has 3 aromatic rings. The van der Waals surface area contributed by atoms with Crippen LogP contribution in [0.25, 0.3) is 10.1 Å². The maximum atomic E-state index is 13.1. The van der Waals surface area contributed by atoms with Crippen molar-refractivity contribution in [2.75, 3.05) is 24.9 Å². The van der Waals surface area contributed by atoms with Gasteiger partial charge in [0, 0.05) is 22.7 Å². The quantitative estimate of drug-likeness (QED) is 0.199. The maximum absolute atomic E-state index is 13.1. The van der Waals surface area contributed by atoms with E-state index in [0.29, 0.717) is 5.75 Å². The Morgan fingerprint density at radius 1 is 1.26 bits per heavy atom. The van der Waals surface area contributed by atoms with Crippen LogP contribution in [0.15, 0.2) is 34.8 Å². The number of nitrogens with two attached hydrogens (primary N) is 1. The molecule has 0 saturated carbocycles. The van der Waals surface area contributed by atoms with Gasteiger partial charge in [0.15, 0.2) is 5.13 Å². The molecule has 0 fully saturated rings. The zero-order valence-electron chi connectivity index (χ0n) is 18.9. The minimum absolute atomic E-state index is 0.0383. The highest BCUT2D eigenvalue weighted by molar-refractivity contribution is 7.98. The summed E-state index contributed by atoms with van der Waals surface area (Å²) in [6, 6.07) is 5.46. The van der Waals surface area contributed by atoms with E-state index in [1.807, 2.05) is 35.9 Å². The van der Waals surface area contributed by atoms with Gasteiger partial charge >= 0.3 is 5.97 Å². The molecule has 3 rings (SSSR count). The molecule has 0 spiro atoms. The normalized spacial score (nSPS) is 13.3. The van der Waals surface area contributed by atoms with Crippen LogP contribution in [0.1, 0.15) is 17.8 Å². The van der Waals surface area contributed by atoms with Gasteiger partial charge in [-0.2, -0.15) is 21.1 Å². The number of carbonyl (C=O) groups excluding carboxylic acids is 2. The number of fused-ring (bicyclic) bond motifs is 1. The number of nitrogens with zero attached hydrogens (tertiary/aromatic N) is 3. The van der Waals surface area contributed by atoms with E-state index in [-0.39, 0.29) is 29.5 Å². The lowest BCUT2D eigenvalue weighted by molar-refractivity contribution is -0.142. The second-order valence-corrected chi connectivity index (χ2v) is 9.93. The molecule has 0 radical (unpaired) electrons. The molecule has 2 heterocycles. The van der Waals surface area contributed by atoms with Crippen LogP contribution in [0.2, 0.25) is 0 Å². The Morgan fingerprint density at radius 3 is 2.69 bits per heavy atom. The molecule has 11 nitrogen and oxygen atoms in total. The molecular weight excluding hydrogens is 512 g/mol. The molecule has 2 aromatic heterocycles. The van der Waals surface area contributed by atoms with E-state index < -0.39 is 29.9 Å². The number of oxime groups is 1. The highest BCUT2D eigenvalue weighted by Crippen LogP contribution is 2.26. The third-order valence-electron chi connectivity index (χ3n) is 4.88.